The first-order chi connectivity index (χ1) is 9.45. The minimum Gasteiger partial charge on any atom is -0.354 e. The van der Waals surface area contributed by atoms with Gasteiger partial charge in [0.25, 0.3) is 0 Å². The number of amides is 2. The molecule has 0 bridgehead atoms. The second-order valence-electron chi connectivity index (χ2n) is 5.90. The van der Waals surface area contributed by atoms with Crippen LogP contribution < -0.4 is 10.6 Å². The zero-order chi connectivity index (χ0) is 14.7. The fraction of sp³-hybridized carbons (Fsp3) is 0.500. The van der Waals surface area contributed by atoms with E-state index in [4.69, 9.17) is 0 Å². The number of rotatable bonds is 5. The summed E-state index contributed by atoms with van der Waals surface area (Å²) in [6, 6.07) is 7.62. The molecule has 0 spiro atoms. The summed E-state index contributed by atoms with van der Waals surface area (Å²) >= 11 is 0. The van der Waals surface area contributed by atoms with Crippen LogP contribution in [0.3, 0.4) is 0 Å². The first-order valence-electron chi connectivity index (χ1n) is 7.15. The first kappa shape index (κ1) is 14.6. The molecule has 0 aliphatic heterocycles. The Balaban J connectivity index is 1.86. The van der Waals surface area contributed by atoms with Crippen molar-refractivity contribution in [1.82, 2.24) is 5.32 Å². The fourth-order valence-corrected chi connectivity index (χ4v) is 2.19. The Morgan fingerprint density at radius 3 is 2.35 bits per heavy atom. The Morgan fingerprint density at radius 1 is 1.25 bits per heavy atom. The summed E-state index contributed by atoms with van der Waals surface area (Å²) in [4.78, 5) is 23.4. The first-order valence-corrected chi connectivity index (χ1v) is 7.15. The SMILES string of the molecule is CC(C)NC(=O)Cc1ccc(NC(=O)C2CC2C)cc1. The lowest BCUT2D eigenvalue weighted by Crippen LogP contribution is -2.31. The second-order valence-corrected chi connectivity index (χ2v) is 5.90. The van der Waals surface area contributed by atoms with Gasteiger partial charge in [0.2, 0.25) is 11.8 Å². The average Bonchev–Trinajstić information content (AvgIpc) is 3.08. The van der Waals surface area contributed by atoms with Gasteiger partial charge in [0.05, 0.1) is 6.42 Å². The van der Waals surface area contributed by atoms with Gasteiger partial charge in [0.1, 0.15) is 0 Å². The average molecular weight is 274 g/mol. The van der Waals surface area contributed by atoms with E-state index in [2.05, 4.69) is 17.6 Å². The topological polar surface area (TPSA) is 58.2 Å². The molecule has 0 radical (unpaired) electrons. The smallest absolute Gasteiger partial charge is 0.227 e. The summed E-state index contributed by atoms with van der Waals surface area (Å²) in [6.45, 7) is 5.96. The van der Waals surface area contributed by atoms with Crippen molar-refractivity contribution in [3.63, 3.8) is 0 Å². The summed E-state index contributed by atoms with van der Waals surface area (Å²) in [5, 5.41) is 5.76. The lowest BCUT2D eigenvalue weighted by molar-refractivity contribution is -0.121. The third-order valence-corrected chi connectivity index (χ3v) is 3.48. The van der Waals surface area contributed by atoms with Crippen LogP contribution in [0.2, 0.25) is 0 Å². The van der Waals surface area contributed by atoms with Crippen molar-refractivity contribution in [2.75, 3.05) is 5.32 Å². The molecule has 0 saturated heterocycles. The van der Waals surface area contributed by atoms with Gasteiger partial charge in [0.15, 0.2) is 0 Å². The highest BCUT2D eigenvalue weighted by Gasteiger charge is 2.38. The Bertz CT molecular complexity index is 494. The highest BCUT2D eigenvalue weighted by Crippen LogP contribution is 2.38. The molecule has 1 saturated carbocycles. The summed E-state index contributed by atoms with van der Waals surface area (Å²) in [7, 11) is 0. The molecule has 1 aliphatic carbocycles. The Hall–Kier alpha value is -1.84. The minimum atomic E-state index is 0.0172. The van der Waals surface area contributed by atoms with Gasteiger partial charge in [-0.15, -0.1) is 0 Å². The van der Waals surface area contributed by atoms with E-state index >= 15 is 0 Å². The quantitative estimate of drug-likeness (QED) is 0.866. The lowest BCUT2D eigenvalue weighted by atomic mass is 10.1. The monoisotopic (exact) mass is 274 g/mol. The summed E-state index contributed by atoms with van der Waals surface area (Å²) < 4.78 is 0. The highest BCUT2D eigenvalue weighted by molar-refractivity contribution is 5.94. The maximum absolute atomic E-state index is 11.8. The van der Waals surface area contributed by atoms with Crippen LogP contribution in [0.4, 0.5) is 5.69 Å². The third-order valence-electron chi connectivity index (χ3n) is 3.48. The lowest BCUT2D eigenvalue weighted by Gasteiger charge is -2.09. The molecule has 1 aromatic carbocycles. The van der Waals surface area contributed by atoms with Crippen LogP contribution in [0.15, 0.2) is 24.3 Å². The van der Waals surface area contributed by atoms with Crippen LogP contribution >= 0.6 is 0 Å². The van der Waals surface area contributed by atoms with Crippen LogP contribution in [0.5, 0.6) is 0 Å². The standard InChI is InChI=1S/C16H22N2O2/c1-10(2)17-15(19)9-12-4-6-13(7-5-12)18-16(20)14-8-11(14)3/h4-7,10-11,14H,8-9H2,1-3H3,(H,17,19)(H,18,20). The fourth-order valence-electron chi connectivity index (χ4n) is 2.19. The summed E-state index contributed by atoms with van der Waals surface area (Å²) in [6.07, 6.45) is 1.35. The molecule has 20 heavy (non-hydrogen) atoms. The van der Waals surface area contributed by atoms with Crippen molar-refractivity contribution in [3.05, 3.63) is 29.8 Å². The number of hydrogen-bond acceptors (Lipinski definition) is 2. The molecule has 2 rings (SSSR count). The molecule has 2 N–H and O–H groups in total. The van der Waals surface area contributed by atoms with Crippen LogP contribution in [-0.2, 0) is 16.0 Å². The summed E-state index contributed by atoms with van der Waals surface area (Å²) in [5.74, 6) is 0.798. The van der Waals surface area contributed by atoms with Gasteiger partial charge in [-0.2, -0.15) is 0 Å². The van der Waals surface area contributed by atoms with E-state index in [9.17, 15) is 9.59 Å². The van der Waals surface area contributed by atoms with Crippen LogP contribution in [0, 0.1) is 11.8 Å². The van der Waals surface area contributed by atoms with E-state index in [1.807, 2.05) is 38.1 Å². The van der Waals surface area contributed by atoms with Gasteiger partial charge in [-0.05, 0) is 43.9 Å². The number of benzene rings is 1. The van der Waals surface area contributed by atoms with Crippen molar-refractivity contribution in [2.24, 2.45) is 11.8 Å². The van der Waals surface area contributed by atoms with Crippen molar-refractivity contribution in [1.29, 1.82) is 0 Å². The van der Waals surface area contributed by atoms with Crippen molar-refractivity contribution < 1.29 is 9.59 Å². The molecule has 2 amide bonds. The number of nitrogens with one attached hydrogen (secondary N) is 2. The maximum atomic E-state index is 11.8. The molecule has 4 heteroatoms. The molecule has 2 unspecified atom stereocenters. The number of anilines is 1. The Kier molecular flexibility index (Phi) is 4.42. The van der Waals surface area contributed by atoms with E-state index in [1.165, 1.54) is 0 Å². The predicted molar refractivity (Wildman–Crippen MR) is 79.3 cm³/mol. The Morgan fingerprint density at radius 2 is 1.85 bits per heavy atom. The van der Waals surface area contributed by atoms with E-state index < -0.39 is 0 Å². The molecule has 4 nitrogen and oxygen atoms in total. The molecule has 0 aromatic heterocycles. The third kappa shape index (κ3) is 4.08. The van der Waals surface area contributed by atoms with E-state index in [0.29, 0.717) is 12.3 Å². The molecule has 1 fully saturated rings. The largest absolute Gasteiger partial charge is 0.354 e. The highest BCUT2D eigenvalue weighted by atomic mass is 16.2. The van der Waals surface area contributed by atoms with Crippen LogP contribution in [0.1, 0.15) is 32.8 Å². The van der Waals surface area contributed by atoms with Gasteiger partial charge in [-0.25, -0.2) is 0 Å². The summed E-state index contributed by atoms with van der Waals surface area (Å²) in [5.41, 5.74) is 1.74. The van der Waals surface area contributed by atoms with Crippen molar-refractivity contribution >= 4 is 17.5 Å². The molecular weight excluding hydrogens is 252 g/mol. The minimum absolute atomic E-state index is 0.0172. The molecule has 2 atom stereocenters. The second kappa shape index (κ2) is 6.07. The molecule has 108 valence electrons. The van der Waals surface area contributed by atoms with E-state index in [1.54, 1.807) is 0 Å². The normalized spacial score (nSPS) is 20.6. The van der Waals surface area contributed by atoms with E-state index in [0.717, 1.165) is 17.7 Å². The number of carbonyl (C=O) groups excluding carboxylic acids is 2. The van der Waals surface area contributed by atoms with Crippen LogP contribution in [0.25, 0.3) is 0 Å². The van der Waals surface area contributed by atoms with E-state index in [-0.39, 0.29) is 23.8 Å². The maximum Gasteiger partial charge on any atom is 0.227 e. The number of hydrogen-bond donors (Lipinski definition) is 2. The van der Waals surface area contributed by atoms with Gasteiger partial charge >= 0.3 is 0 Å². The Labute approximate surface area is 119 Å². The van der Waals surface area contributed by atoms with Gasteiger partial charge in [0, 0.05) is 17.6 Å². The zero-order valence-electron chi connectivity index (χ0n) is 12.3. The van der Waals surface area contributed by atoms with Gasteiger partial charge in [-0.1, -0.05) is 19.1 Å². The molecule has 1 aliphatic rings. The van der Waals surface area contributed by atoms with Crippen molar-refractivity contribution in [3.8, 4) is 0 Å². The molecular formula is C16H22N2O2. The molecule has 0 heterocycles. The van der Waals surface area contributed by atoms with Gasteiger partial charge < -0.3 is 10.6 Å². The van der Waals surface area contributed by atoms with Gasteiger partial charge in [-0.3, -0.25) is 9.59 Å². The van der Waals surface area contributed by atoms with Crippen LogP contribution in [-0.4, -0.2) is 17.9 Å². The predicted octanol–water partition coefficient (Wildman–Crippen LogP) is 2.35. The van der Waals surface area contributed by atoms with Crippen molar-refractivity contribution in [2.45, 2.75) is 39.7 Å². The molecule has 1 aromatic rings. The number of carbonyl (C=O) groups is 2. The zero-order valence-corrected chi connectivity index (χ0v) is 12.3.